The Bertz CT molecular complexity index is 588. The maximum absolute atomic E-state index is 10.5. The van der Waals surface area contributed by atoms with Crippen LogP contribution in [0.3, 0.4) is 0 Å². The molecular formula is C16H18O6. The fourth-order valence-electron chi connectivity index (χ4n) is 3.23. The summed E-state index contributed by atoms with van der Waals surface area (Å²) in [6.07, 6.45) is -2.11. The van der Waals surface area contributed by atoms with Crippen LogP contribution in [0.4, 0.5) is 0 Å². The van der Waals surface area contributed by atoms with Gasteiger partial charge in [0.2, 0.25) is 0 Å². The van der Waals surface area contributed by atoms with E-state index in [4.69, 9.17) is 14.2 Å². The lowest BCUT2D eigenvalue weighted by Crippen LogP contribution is -2.56. The Kier molecular flexibility index (Phi) is 3.53. The largest absolute Gasteiger partial charge is 0.387 e. The minimum absolute atomic E-state index is 0.231. The molecule has 2 heterocycles. The van der Waals surface area contributed by atoms with Gasteiger partial charge in [0.15, 0.2) is 6.29 Å². The van der Waals surface area contributed by atoms with Crippen LogP contribution in [0.25, 0.3) is 6.08 Å². The molecule has 7 atom stereocenters. The normalized spacial score (nSPS) is 43.1. The van der Waals surface area contributed by atoms with Crippen LogP contribution in [-0.4, -0.2) is 58.7 Å². The third-order valence-electron chi connectivity index (χ3n) is 4.47. The van der Waals surface area contributed by atoms with E-state index in [2.05, 4.69) is 0 Å². The van der Waals surface area contributed by atoms with Crippen molar-refractivity contribution >= 4 is 6.08 Å². The van der Waals surface area contributed by atoms with E-state index in [-0.39, 0.29) is 6.61 Å². The molecule has 6 nitrogen and oxygen atoms in total. The molecule has 0 amide bonds. The summed E-state index contributed by atoms with van der Waals surface area (Å²) < 4.78 is 16.7. The average molecular weight is 306 g/mol. The predicted octanol–water partition coefficient (Wildman–Crippen LogP) is -0.0225. The van der Waals surface area contributed by atoms with Crippen LogP contribution in [0.1, 0.15) is 17.2 Å². The number of benzene rings is 1. The van der Waals surface area contributed by atoms with Crippen molar-refractivity contribution in [3.8, 4) is 0 Å². The molecule has 22 heavy (non-hydrogen) atoms. The first-order chi connectivity index (χ1) is 10.6. The second-order valence-electron chi connectivity index (χ2n) is 5.86. The van der Waals surface area contributed by atoms with Gasteiger partial charge in [0.05, 0.1) is 6.61 Å². The minimum Gasteiger partial charge on any atom is -0.387 e. The van der Waals surface area contributed by atoms with Crippen molar-refractivity contribution in [2.75, 3.05) is 6.61 Å². The van der Waals surface area contributed by atoms with Crippen LogP contribution in [-0.2, 0) is 14.2 Å². The molecule has 3 aliphatic rings. The van der Waals surface area contributed by atoms with Crippen molar-refractivity contribution < 1.29 is 29.5 Å². The number of aliphatic hydroxyl groups is 3. The zero-order chi connectivity index (χ0) is 15.3. The van der Waals surface area contributed by atoms with E-state index in [1.54, 1.807) is 6.08 Å². The summed E-state index contributed by atoms with van der Waals surface area (Å²) in [7, 11) is 0. The summed E-state index contributed by atoms with van der Waals surface area (Å²) in [6, 6.07) is 7.51. The first-order valence-electron chi connectivity index (χ1n) is 7.39. The maximum atomic E-state index is 10.5. The molecule has 0 spiro atoms. The summed E-state index contributed by atoms with van der Waals surface area (Å²) in [5.74, 6) is 0. The molecule has 4 rings (SSSR count). The Balaban J connectivity index is 1.54. The molecule has 6 heteroatoms. The van der Waals surface area contributed by atoms with Gasteiger partial charge in [0.1, 0.15) is 36.6 Å². The number of hydrogen-bond acceptors (Lipinski definition) is 6. The molecule has 2 aliphatic heterocycles. The number of fused-ring (bicyclic) bond motifs is 3. The third-order valence-corrected chi connectivity index (χ3v) is 4.47. The first kappa shape index (κ1) is 14.3. The van der Waals surface area contributed by atoms with Gasteiger partial charge in [-0.15, -0.1) is 0 Å². The number of hydrogen-bond donors (Lipinski definition) is 3. The molecule has 1 aromatic carbocycles. The molecule has 2 saturated heterocycles. The fraction of sp³-hybridized carbons (Fsp3) is 0.500. The molecule has 0 radical (unpaired) electrons. The van der Waals surface area contributed by atoms with E-state index in [0.717, 1.165) is 11.1 Å². The van der Waals surface area contributed by atoms with Crippen LogP contribution >= 0.6 is 0 Å². The van der Waals surface area contributed by atoms with Gasteiger partial charge in [-0.05, 0) is 11.1 Å². The van der Waals surface area contributed by atoms with Crippen molar-refractivity contribution in [3.63, 3.8) is 0 Å². The highest BCUT2D eigenvalue weighted by molar-refractivity contribution is 5.58. The van der Waals surface area contributed by atoms with E-state index in [1.807, 2.05) is 30.3 Å². The molecule has 1 aromatic rings. The summed E-state index contributed by atoms with van der Waals surface area (Å²) in [4.78, 5) is 0. The summed E-state index contributed by atoms with van der Waals surface area (Å²) >= 11 is 0. The van der Waals surface area contributed by atoms with Crippen LogP contribution < -0.4 is 0 Å². The van der Waals surface area contributed by atoms with Crippen LogP contribution in [0.2, 0.25) is 0 Å². The second kappa shape index (κ2) is 5.42. The predicted molar refractivity (Wildman–Crippen MR) is 75.7 cm³/mol. The van der Waals surface area contributed by atoms with Gasteiger partial charge >= 0.3 is 0 Å². The van der Waals surface area contributed by atoms with Crippen molar-refractivity contribution in [2.45, 2.75) is 42.9 Å². The van der Waals surface area contributed by atoms with E-state index in [0.29, 0.717) is 0 Å². The topological polar surface area (TPSA) is 88.4 Å². The van der Waals surface area contributed by atoms with E-state index in [9.17, 15) is 15.3 Å². The van der Waals surface area contributed by atoms with Gasteiger partial charge in [-0.25, -0.2) is 0 Å². The maximum Gasteiger partial charge on any atom is 0.187 e. The molecule has 2 fully saturated rings. The zero-order valence-corrected chi connectivity index (χ0v) is 11.8. The van der Waals surface area contributed by atoms with Crippen LogP contribution in [0, 0.1) is 0 Å². The fourth-order valence-corrected chi connectivity index (χ4v) is 3.23. The lowest BCUT2D eigenvalue weighted by Gasteiger charge is -2.38. The van der Waals surface area contributed by atoms with Crippen molar-refractivity contribution in [1.82, 2.24) is 0 Å². The van der Waals surface area contributed by atoms with E-state index < -0.39 is 42.9 Å². The number of aliphatic hydroxyl groups excluding tert-OH is 3. The van der Waals surface area contributed by atoms with Crippen LogP contribution in [0.5, 0.6) is 0 Å². The molecule has 0 aromatic heterocycles. The van der Waals surface area contributed by atoms with Gasteiger partial charge in [-0.2, -0.15) is 0 Å². The van der Waals surface area contributed by atoms with Crippen molar-refractivity contribution in [3.05, 3.63) is 41.5 Å². The Hall–Kier alpha value is -1.28. The molecule has 0 saturated carbocycles. The van der Waals surface area contributed by atoms with E-state index >= 15 is 0 Å². The van der Waals surface area contributed by atoms with Gasteiger partial charge in [-0.1, -0.05) is 36.4 Å². The van der Waals surface area contributed by atoms with Crippen molar-refractivity contribution in [1.29, 1.82) is 0 Å². The Morgan fingerprint density at radius 1 is 1.09 bits per heavy atom. The molecule has 3 N–H and O–H groups in total. The molecule has 118 valence electrons. The summed E-state index contributed by atoms with van der Waals surface area (Å²) in [6.45, 7) is 0.231. The average Bonchev–Trinajstić information content (AvgIpc) is 2.99. The van der Waals surface area contributed by atoms with Crippen molar-refractivity contribution in [2.24, 2.45) is 0 Å². The standard InChI is InChI=1S/C16H18O6/c17-12-9-4-2-1-3-8(9)5-6-10(12)21-15-14(19)13(18)11-7-20-16(15)22-11/h1-6,10-19H,7H2/t10-,11-,12-,13-,14+,15+,16-/m1/s1. The molecule has 1 aliphatic carbocycles. The molecular weight excluding hydrogens is 288 g/mol. The highest BCUT2D eigenvalue weighted by atomic mass is 16.8. The second-order valence-corrected chi connectivity index (χ2v) is 5.86. The zero-order valence-electron chi connectivity index (χ0n) is 11.8. The highest BCUT2D eigenvalue weighted by Crippen LogP contribution is 2.35. The summed E-state index contributed by atoms with van der Waals surface area (Å²) in [5.41, 5.74) is 1.71. The van der Waals surface area contributed by atoms with Gasteiger partial charge in [0, 0.05) is 0 Å². The molecule has 0 unspecified atom stereocenters. The van der Waals surface area contributed by atoms with Crippen LogP contribution in [0.15, 0.2) is 30.3 Å². The highest BCUT2D eigenvalue weighted by Gasteiger charge is 2.51. The Morgan fingerprint density at radius 2 is 1.91 bits per heavy atom. The van der Waals surface area contributed by atoms with Gasteiger partial charge in [0.25, 0.3) is 0 Å². The number of rotatable bonds is 2. The number of ether oxygens (including phenoxy) is 3. The minimum atomic E-state index is -1.11. The quantitative estimate of drug-likeness (QED) is 0.711. The summed E-state index contributed by atoms with van der Waals surface area (Å²) in [5, 5.41) is 30.6. The SMILES string of the molecule is O[C@H]1[C@H](O)[C@H]2CO[C@H](O2)[C@H]1O[C@@H]1C=Cc2ccccc2[C@H]1O. The molecule has 2 bridgehead atoms. The Labute approximate surface area is 127 Å². The Morgan fingerprint density at radius 3 is 2.77 bits per heavy atom. The lowest BCUT2D eigenvalue weighted by molar-refractivity contribution is -0.256. The van der Waals surface area contributed by atoms with Gasteiger partial charge < -0.3 is 29.5 Å². The first-order valence-corrected chi connectivity index (χ1v) is 7.39. The lowest BCUT2D eigenvalue weighted by atomic mass is 9.92. The van der Waals surface area contributed by atoms with Gasteiger partial charge in [-0.3, -0.25) is 0 Å². The smallest absolute Gasteiger partial charge is 0.187 e. The van der Waals surface area contributed by atoms with E-state index in [1.165, 1.54) is 0 Å². The monoisotopic (exact) mass is 306 g/mol. The third kappa shape index (κ3) is 2.20.